The summed E-state index contributed by atoms with van der Waals surface area (Å²) < 4.78 is 5.79. The number of thiazole rings is 1. The van der Waals surface area contributed by atoms with Crippen LogP contribution in [-0.4, -0.2) is 53.7 Å². The first-order chi connectivity index (χ1) is 12.8. The number of aryl methyl sites for hydroxylation is 1. The van der Waals surface area contributed by atoms with Crippen LogP contribution in [0.3, 0.4) is 0 Å². The lowest BCUT2D eigenvalue weighted by Gasteiger charge is -2.38. The van der Waals surface area contributed by atoms with Gasteiger partial charge in [-0.2, -0.15) is 0 Å². The number of aromatic nitrogens is 1. The number of ether oxygens (including phenoxy) is 1. The Morgan fingerprint density at radius 1 is 1.41 bits per heavy atom. The van der Waals surface area contributed by atoms with Crippen molar-refractivity contribution in [2.24, 2.45) is 0 Å². The predicted octanol–water partition coefficient (Wildman–Crippen LogP) is 4.00. The van der Waals surface area contributed by atoms with Gasteiger partial charge in [0.1, 0.15) is 9.88 Å². The van der Waals surface area contributed by atoms with E-state index in [9.17, 15) is 4.79 Å². The Balaban J connectivity index is 1.63. The maximum Gasteiger partial charge on any atom is 0.263 e. The summed E-state index contributed by atoms with van der Waals surface area (Å²) in [6.07, 6.45) is 0.437. The number of benzene rings is 1. The molecule has 0 aliphatic carbocycles. The number of hydrogen-bond donors (Lipinski definition) is 1. The van der Waals surface area contributed by atoms with Crippen molar-refractivity contribution in [2.45, 2.75) is 45.9 Å². The minimum absolute atomic E-state index is 0.0699. The normalized spacial score (nSPS) is 21.8. The number of carbonyl (C=O) groups is 1. The van der Waals surface area contributed by atoms with Crippen LogP contribution in [0.5, 0.6) is 0 Å². The summed E-state index contributed by atoms with van der Waals surface area (Å²) in [6, 6.07) is 7.79. The number of halogens is 1. The number of nitrogens with zero attached hydrogens (tertiary/aromatic N) is 2. The quantitative estimate of drug-likeness (QED) is 0.813. The first-order valence-corrected chi connectivity index (χ1v) is 10.4. The molecule has 2 heterocycles. The summed E-state index contributed by atoms with van der Waals surface area (Å²) in [4.78, 5) is 20.3. The molecule has 0 radical (unpaired) electrons. The van der Waals surface area contributed by atoms with Gasteiger partial charge < -0.3 is 10.1 Å². The second kappa shape index (κ2) is 8.69. The zero-order chi connectivity index (χ0) is 19.6. The molecule has 0 bridgehead atoms. The van der Waals surface area contributed by atoms with Crippen molar-refractivity contribution in [1.29, 1.82) is 0 Å². The summed E-state index contributed by atoms with van der Waals surface area (Å²) in [5.74, 6) is -0.0699. The number of amides is 1. The third kappa shape index (κ3) is 5.08. The Morgan fingerprint density at radius 3 is 2.78 bits per heavy atom. The second-order valence-corrected chi connectivity index (χ2v) is 8.65. The van der Waals surface area contributed by atoms with E-state index in [1.807, 2.05) is 31.2 Å². The molecule has 3 rings (SSSR count). The number of hydrogen-bond acceptors (Lipinski definition) is 5. The molecule has 3 atom stereocenters. The first-order valence-electron chi connectivity index (χ1n) is 9.24. The van der Waals surface area contributed by atoms with Crippen LogP contribution < -0.4 is 5.32 Å². The Bertz CT molecular complexity index is 800. The van der Waals surface area contributed by atoms with Gasteiger partial charge in [-0.15, -0.1) is 11.3 Å². The van der Waals surface area contributed by atoms with Crippen LogP contribution >= 0.6 is 22.9 Å². The Morgan fingerprint density at radius 2 is 2.11 bits per heavy atom. The van der Waals surface area contributed by atoms with Gasteiger partial charge in [0, 0.05) is 36.3 Å². The second-order valence-electron chi connectivity index (χ2n) is 7.21. The number of nitrogens with one attached hydrogen (secondary N) is 1. The van der Waals surface area contributed by atoms with Gasteiger partial charge >= 0.3 is 0 Å². The monoisotopic (exact) mass is 407 g/mol. The fourth-order valence-electron chi connectivity index (χ4n) is 3.38. The zero-order valence-corrected chi connectivity index (χ0v) is 17.7. The molecule has 7 heteroatoms. The van der Waals surface area contributed by atoms with E-state index in [4.69, 9.17) is 16.3 Å². The maximum atomic E-state index is 12.7. The van der Waals surface area contributed by atoms with Crippen LogP contribution in [0.2, 0.25) is 5.02 Å². The summed E-state index contributed by atoms with van der Waals surface area (Å²) in [6.45, 7) is 10.6. The van der Waals surface area contributed by atoms with Crippen molar-refractivity contribution in [3.8, 4) is 10.6 Å². The van der Waals surface area contributed by atoms with Crippen molar-refractivity contribution < 1.29 is 9.53 Å². The highest BCUT2D eigenvalue weighted by Gasteiger charge is 2.26. The highest BCUT2D eigenvalue weighted by molar-refractivity contribution is 7.17. The smallest absolute Gasteiger partial charge is 0.263 e. The van der Waals surface area contributed by atoms with Gasteiger partial charge in [0.15, 0.2) is 0 Å². The first kappa shape index (κ1) is 20.3. The van der Waals surface area contributed by atoms with Crippen molar-refractivity contribution in [2.75, 3.05) is 19.6 Å². The van der Waals surface area contributed by atoms with Crippen molar-refractivity contribution in [1.82, 2.24) is 15.2 Å². The van der Waals surface area contributed by atoms with Gasteiger partial charge in [0.25, 0.3) is 5.91 Å². The van der Waals surface area contributed by atoms with Crippen LogP contribution in [-0.2, 0) is 4.74 Å². The van der Waals surface area contributed by atoms with E-state index in [-0.39, 0.29) is 24.2 Å². The van der Waals surface area contributed by atoms with Crippen LogP contribution in [0, 0.1) is 6.92 Å². The van der Waals surface area contributed by atoms with Gasteiger partial charge in [-0.25, -0.2) is 4.98 Å². The Labute approximate surface area is 169 Å². The fourth-order valence-corrected chi connectivity index (χ4v) is 4.55. The van der Waals surface area contributed by atoms with Crippen molar-refractivity contribution in [3.63, 3.8) is 0 Å². The average Bonchev–Trinajstić information content (AvgIpc) is 3.00. The largest absolute Gasteiger partial charge is 0.373 e. The predicted molar refractivity (Wildman–Crippen MR) is 111 cm³/mol. The van der Waals surface area contributed by atoms with Crippen LogP contribution in [0.4, 0.5) is 0 Å². The summed E-state index contributed by atoms with van der Waals surface area (Å²) in [5, 5.41) is 4.54. The van der Waals surface area contributed by atoms with E-state index in [1.54, 1.807) is 0 Å². The highest BCUT2D eigenvalue weighted by atomic mass is 35.5. The zero-order valence-electron chi connectivity index (χ0n) is 16.2. The lowest BCUT2D eigenvalue weighted by molar-refractivity contribution is -0.0778. The fraction of sp³-hybridized carbons (Fsp3) is 0.500. The van der Waals surface area contributed by atoms with E-state index in [0.717, 1.165) is 29.4 Å². The molecule has 1 saturated heterocycles. The maximum absolute atomic E-state index is 12.7. The van der Waals surface area contributed by atoms with E-state index < -0.39 is 0 Å². The molecule has 0 spiro atoms. The third-order valence-electron chi connectivity index (χ3n) is 4.70. The molecule has 1 aromatic heterocycles. The summed E-state index contributed by atoms with van der Waals surface area (Å²) in [7, 11) is 0. The molecule has 1 N–H and O–H groups in total. The highest BCUT2D eigenvalue weighted by Crippen LogP contribution is 2.29. The third-order valence-corrected chi connectivity index (χ3v) is 6.14. The molecule has 1 aliphatic heterocycles. The topological polar surface area (TPSA) is 54.5 Å². The van der Waals surface area contributed by atoms with E-state index in [0.29, 0.717) is 16.4 Å². The number of carbonyl (C=O) groups excluding carboxylic acids is 1. The Hall–Kier alpha value is -1.47. The Kier molecular flexibility index (Phi) is 6.52. The average molecular weight is 408 g/mol. The van der Waals surface area contributed by atoms with E-state index in [2.05, 4.69) is 36.0 Å². The SMILES string of the molecule is Cc1nc(-c2cccc(Cl)c2)sc1C(=O)NCC(C)N1CC(C)OC(C)C1. The lowest BCUT2D eigenvalue weighted by atomic mass is 10.1. The van der Waals surface area contributed by atoms with Gasteiger partial charge in [0.2, 0.25) is 0 Å². The standard InChI is InChI=1S/C20H26ClN3O2S/c1-12(24-10-13(2)26-14(3)11-24)9-22-19(25)18-15(4)23-20(27-18)16-6-5-7-17(21)8-16/h5-8,12-14H,9-11H2,1-4H3,(H,22,25). The van der Waals surface area contributed by atoms with Gasteiger partial charge in [-0.1, -0.05) is 23.7 Å². The molecule has 27 heavy (non-hydrogen) atoms. The molecule has 2 aromatic rings. The van der Waals surface area contributed by atoms with E-state index in [1.165, 1.54) is 11.3 Å². The summed E-state index contributed by atoms with van der Waals surface area (Å²) >= 11 is 7.47. The molecule has 3 unspecified atom stereocenters. The van der Waals surface area contributed by atoms with Crippen LogP contribution in [0.25, 0.3) is 10.6 Å². The summed E-state index contributed by atoms with van der Waals surface area (Å²) in [5.41, 5.74) is 1.67. The number of morpholine rings is 1. The number of rotatable bonds is 5. The van der Waals surface area contributed by atoms with Gasteiger partial charge in [-0.3, -0.25) is 9.69 Å². The van der Waals surface area contributed by atoms with Crippen LogP contribution in [0.15, 0.2) is 24.3 Å². The van der Waals surface area contributed by atoms with Crippen molar-refractivity contribution in [3.05, 3.63) is 39.9 Å². The molecule has 5 nitrogen and oxygen atoms in total. The van der Waals surface area contributed by atoms with Gasteiger partial charge in [-0.05, 0) is 39.8 Å². The molecular formula is C20H26ClN3O2S. The molecule has 146 valence electrons. The molecule has 1 fully saturated rings. The minimum Gasteiger partial charge on any atom is -0.373 e. The molecular weight excluding hydrogens is 382 g/mol. The molecule has 1 aliphatic rings. The molecule has 1 amide bonds. The van der Waals surface area contributed by atoms with Crippen LogP contribution in [0.1, 0.15) is 36.1 Å². The molecule has 0 saturated carbocycles. The molecule has 1 aromatic carbocycles. The lowest BCUT2D eigenvalue weighted by Crippen LogP contribution is -2.52. The van der Waals surface area contributed by atoms with Crippen molar-refractivity contribution >= 4 is 28.8 Å². The van der Waals surface area contributed by atoms with Gasteiger partial charge in [0.05, 0.1) is 17.9 Å². The minimum atomic E-state index is -0.0699. The van der Waals surface area contributed by atoms with E-state index >= 15 is 0 Å².